The first-order chi connectivity index (χ1) is 11.6. The molecule has 0 atom stereocenters. The van der Waals surface area contributed by atoms with E-state index in [1.807, 2.05) is 6.07 Å². The van der Waals surface area contributed by atoms with Crippen molar-refractivity contribution in [2.24, 2.45) is 0 Å². The van der Waals surface area contributed by atoms with Crippen molar-refractivity contribution in [3.63, 3.8) is 0 Å². The second kappa shape index (κ2) is 6.62. The number of methoxy groups -OCH3 is 2. The van der Waals surface area contributed by atoms with Crippen LogP contribution in [0.1, 0.15) is 16.1 Å². The van der Waals surface area contributed by atoms with Gasteiger partial charge in [-0.2, -0.15) is 0 Å². The van der Waals surface area contributed by atoms with Gasteiger partial charge in [-0.1, -0.05) is 0 Å². The van der Waals surface area contributed by atoms with Crippen LogP contribution in [0.2, 0.25) is 0 Å². The lowest BCUT2D eigenvalue weighted by molar-refractivity contribution is 0.0946. The number of rotatable bonds is 5. The fourth-order valence-corrected chi connectivity index (χ4v) is 2.49. The molecule has 1 aromatic heterocycles. The second-order valence-electron chi connectivity index (χ2n) is 5.28. The molecule has 0 spiro atoms. The zero-order valence-corrected chi connectivity index (χ0v) is 13.4. The topological polar surface area (TPSA) is 63.3 Å². The van der Waals surface area contributed by atoms with E-state index in [0.717, 1.165) is 5.56 Å². The predicted octanol–water partition coefficient (Wildman–Crippen LogP) is 3.25. The van der Waals surface area contributed by atoms with Gasteiger partial charge in [0.25, 0.3) is 5.91 Å². The van der Waals surface area contributed by atoms with Crippen molar-refractivity contribution < 1.29 is 18.7 Å². The van der Waals surface area contributed by atoms with Crippen molar-refractivity contribution in [3.05, 3.63) is 59.5 Å². The van der Waals surface area contributed by atoms with Crippen LogP contribution in [0, 0.1) is 5.82 Å². The van der Waals surface area contributed by atoms with Crippen molar-refractivity contribution in [2.75, 3.05) is 14.2 Å². The number of hydrogen-bond acceptors (Lipinski definition) is 3. The quantitative estimate of drug-likeness (QED) is 0.756. The average Bonchev–Trinajstić information content (AvgIpc) is 3.02. The van der Waals surface area contributed by atoms with E-state index in [2.05, 4.69) is 10.3 Å². The maximum absolute atomic E-state index is 13.2. The number of ether oxygens (including phenoxy) is 2. The van der Waals surface area contributed by atoms with Crippen LogP contribution in [0.3, 0.4) is 0 Å². The van der Waals surface area contributed by atoms with Crippen LogP contribution in [-0.4, -0.2) is 25.1 Å². The summed E-state index contributed by atoms with van der Waals surface area (Å²) in [6, 6.07) is 11.4. The highest BCUT2D eigenvalue weighted by atomic mass is 19.1. The van der Waals surface area contributed by atoms with Crippen LogP contribution in [0.25, 0.3) is 10.9 Å². The fraction of sp³-hybridized carbons (Fsp3) is 0.167. The van der Waals surface area contributed by atoms with Gasteiger partial charge in [-0.15, -0.1) is 0 Å². The van der Waals surface area contributed by atoms with E-state index in [-0.39, 0.29) is 11.7 Å². The Labute approximate surface area is 138 Å². The molecule has 1 amide bonds. The minimum Gasteiger partial charge on any atom is -0.497 e. The van der Waals surface area contributed by atoms with E-state index in [4.69, 9.17) is 9.47 Å². The summed E-state index contributed by atoms with van der Waals surface area (Å²) in [5.74, 6) is 0.703. The highest BCUT2D eigenvalue weighted by molar-refractivity contribution is 5.98. The van der Waals surface area contributed by atoms with E-state index in [1.54, 1.807) is 38.5 Å². The van der Waals surface area contributed by atoms with E-state index in [9.17, 15) is 9.18 Å². The van der Waals surface area contributed by atoms with E-state index >= 15 is 0 Å². The van der Waals surface area contributed by atoms with Gasteiger partial charge in [0.2, 0.25) is 0 Å². The molecule has 5 nitrogen and oxygen atoms in total. The number of aromatic amines is 1. The third kappa shape index (κ3) is 3.17. The molecular formula is C18H17FN2O3. The van der Waals surface area contributed by atoms with Crippen LogP contribution >= 0.6 is 0 Å². The van der Waals surface area contributed by atoms with E-state index in [0.29, 0.717) is 34.6 Å². The summed E-state index contributed by atoms with van der Waals surface area (Å²) in [6.45, 7) is 0.301. The molecule has 6 heteroatoms. The van der Waals surface area contributed by atoms with Gasteiger partial charge < -0.3 is 19.8 Å². The molecule has 24 heavy (non-hydrogen) atoms. The van der Waals surface area contributed by atoms with Gasteiger partial charge in [0.05, 0.1) is 14.2 Å². The third-order valence-corrected chi connectivity index (χ3v) is 3.76. The molecule has 3 aromatic rings. The fourth-order valence-electron chi connectivity index (χ4n) is 2.49. The Bertz CT molecular complexity index is 889. The zero-order valence-electron chi connectivity index (χ0n) is 13.4. The number of halogens is 1. The van der Waals surface area contributed by atoms with Gasteiger partial charge in [0, 0.05) is 29.1 Å². The smallest absolute Gasteiger partial charge is 0.267 e. The molecule has 0 aliphatic carbocycles. The van der Waals surface area contributed by atoms with Gasteiger partial charge >= 0.3 is 0 Å². The molecule has 0 aliphatic rings. The van der Waals surface area contributed by atoms with Gasteiger partial charge in [0.1, 0.15) is 23.0 Å². The number of fused-ring (bicyclic) bond motifs is 1. The van der Waals surface area contributed by atoms with Gasteiger partial charge in [-0.05, 0) is 36.4 Å². The number of carbonyl (C=O) groups is 1. The number of carbonyl (C=O) groups excluding carboxylic acids is 1. The Morgan fingerprint density at radius 3 is 2.71 bits per heavy atom. The minimum atomic E-state index is -0.337. The SMILES string of the molecule is COc1ccc(CNC(=O)c2cc3cc(F)ccc3[nH]2)c(OC)c1. The number of H-pyrrole nitrogens is 1. The Morgan fingerprint density at radius 2 is 1.96 bits per heavy atom. The lowest BCUT2D eigenvalue weighted by atomic mass is 10.2. The third-order valence-electron chi connectivity index (χ3n) is 3.76. The Kier molecular flexibility index (Phi) is 4.37. The molecule has 0 bridgehead atoms. The first kappa shape index (κ1) is 15.9. The lowest BCUT2D eigenvalue weighted by Crippen LogP contribution is -2.23. The predicted molar refractivity (Wildman–Crippen MR) is 89.0 cm³/mol. The number of aromatic nitrogens is 1. The standard InChI is InChI=1S/C18H17FN2O3/c1-23-14-5-3-11(17(9-14)24-2)10-20-18(22)16-8-12-7-13(19)4-6-15(12)21-16/h3-9,21H,10H2,1-2H3,(H,20,22). The summed E-state index contributed by atoms with van der Waals surface area (Å²) in [5.41, 5.74) is 1.92. The Morgan fingerprint density at radius 1 is 1.12 bits per heavy atom. The van der Waals surface area contributed by atoms with Gasteiger partial charge in [0.15, 0.2) is 0 Å². The molecule has 0 saturated heterocycles. The number of amides is 1. The van der Waals surface area contributed by atoms with Crippen LogP contribution in [0.5, 0.6) is 11.5 Å². The summed E-state index contributed by atoms with van der Waals surface area (Å²) in [5, 5.41) is 3.47. The highest BCUT2D eigenvalue weighted by Crippen LogP contribution is 2.24. The van der Waals surface area contributed by atoms with E-state index in [1.165, 1.54) is 12.1 Å². The van der Waals surface area contributed by atoms with Crippen LogP contribution in [0.4, 0.5) is 4.39 Å². The Balaban J connectivity index is 1.75. The maximum atomic E-state index is 13.2. The number of benzene rings is 2. The lowest BCUT2D eigenvalue weighted by Gasteiger charge is -2.11. The monoisotopic (exact) mass is 328 g/mol. The summed E-state index contributed by atoms with van der Waals surface area (Å²) in [4.78, 5) is 15.3. The Hall–Kier alpha value is -3.02. The van der Waals surface area contributed by atoms with Crippen molar-refractivity contribution in [1.29, 1.82) is 0 Å². The van der Waals surface area contributed by atoms with Crippen molar-refractivity contribution >= 4 is 16.8 Å². The summed E-state index contributed by atoms with van der Waals surface area (Å²) in [6.07, 6.45) is 0. The molecule has 124 valence electrons. The highest BCUT2D eigenvalue weighted by Gasteiger charge is 2.11. The number of hydrogen-bond donors (Lipinski definition) is 2. The molecule has 0 aliphatic heterocycles. The van der Waals surface area contributed by atoms with E-state index < -0.39 is 0 Å². The average molecular weight is 328 g/mol. The molecule has 0 radical (unpaired) electrons. The molecular weight excluding hydrogens is 311 g/mol. The molecule has 2 aromatic carbocycles. The summed E-state index contributed by atoms with van der Waals surface area (Å²) >= 11 is 0. The van der Waals surface area contributed by atoms with Crippen LogP contribution < -0.4 is 14.8 Å². The molecule has 0 saturated carbocycles. The normalized spacial score (nSPS) is 10.6. The molecule has 3 rings (SSSR count). The molecule has 2 N–H and O–H groups in total. The summed E-state index contributed by atoms with van der Waals surface area (Å²) < 4.78 is 23.7. The first-order valence-electron chi connectivity index (χ1n) is 7.38. The second-order valence-corrected chi connectivity index (χ2v) is 5.28. The van der Waals surface area contributed by atoms with Crippen LogP contribution in [0.15, 0.2) is 42.5 Å². The molecule has 0 unspecified atom stereocenters. The zero-order chi connectivity index (χ0) is 17.1. The van der Waals surface area contributed by atoms with Crippen LogP contribution in [-0.2, 0) is 6.54 Å². The first-order valence-corrected chi connectivity index (χ1v) is 7.38. The maximum Gasteiger partial charge on any atom is 0.267 e. The van der Waals surface area contributed by atoms with Gasteiger partial charge in [-0.3, -0.25) is 4.79 Å². The molecule has 0 fully saturated rings. The largest absolute Gasteiger partial charge is 0.497 e. The summed E-state index contributed by atoms with van der Waals surface area (Å²) in [7, 11) is 3.14. The molecule has 1 heterocycles. The van der Waals surface area contributed by atoms with Gasteiger partial charge in [-0.25, -0.2) is 4.39 Å². The van der Waals surface area contributed by atoms with Crippen molar-refractivity contribution in [3.8, 4) is 11.5 Å². The minimum absolute atomic E-state index is 0.274. The number of nitrogens with one attached hydrogen (secondary N) is 2. The van der Waals surface area contributed by atoms with Crippen molar-refractivity contribution in [1.82, 2.24) is 10.3 Å². The van der Waals surface area contributed by atoms with Crippen molar-refractivity contribution in [2.45, 2.75) is 6.54 Å².